The van der Waals surface area contributed by atoms with E-state index >= 15 is 0 Å². The SMILES string of the molecule is Cc1cc(C)c(-c2onc(N)c2Cl)c(C)c1. The van der Waals surface area contributed by atoms with Gasteiger partial charge in [-0.1, -0.05) is 34.5 Å². The van der Waals surface area contributed by atoms with Gasteiger partial charge in [0.15, 0.2) is 11.6 Å². The third kappa shape index (κ3) is 1.67. The van der Waals surface area contributed by atoms with Crippen molar-refractivity contribution in [1.82, 2.24) is 5.16 Å². The van der Waals surface area contributed by atoms with E-state index in [2.05, 4.69) is 24.2 Å². The van der Waals surface area contributed by atoms with Gasteiger partial charge in [0.05, 0.1) is 0 Å². The van der Waals surface area contributed by atoms with Crippen molar-refractivity contribution in [3.05, 3.63) is 33.8 Å². The Hall–Kier alpha value is -1.48. The fourth-order valence-corrected chi connectivity index (χ4v) is 2.15. The fraction of sp³-hybridized carbons (Fsp3) is 0.250. The monoisotopic (exact) mass is 236 g/mol. The molecule has 2 rings (SSSR count). The van der Waals surface area contributed by atoms with Gasteiger partial charge >= 0.3 is 0 Å². The highest BCUT2D eigenvalue weighted by atomic mass is 35.5. The highest BCUT2D eigenvalue weighted by Crippen LogP contribution is 2.36. The van der Waals surface area contributed by atoms with E-state index in [-0.39, 0.29) is 5.82 Å². The number of hydrogen-bond donors (Lipinski definition) is 1. The summed E-state index contributed by atoms with van der Waals surface area (Å²) in [6.45, 7) is 6.09. The summed E-state index contributed by atoms with van der Waals surface area (Å²) < 4.78 is 5.18. The molecule has 1 aromatic heterocycles. The minimum absolute atomic E-state index is 0.232. The van der Waals surface area contributed by atoms with E-state index in [1.165, 1.54) is 5.56 Å². The normalized spacial score (nSPS) is 10.8. The van der Waals surface area contributed by atoms with Crippen LogP contribution in [0.5, 0.6) is 0 Å². The van der Waals surface area contributed by atoms with Crippen molar-refractivity contribution < 1.29 is 4.52 Å². The summed E-state index contributed by atoms with van der Waals surface area (Å²) in [6.07, 6.45) is 0. The third-order valence-electron chi connectivity index (χ3n) is 2.56. The quantitative estimate of drug-likeness (QED) is 0.825. The molecular formula is C12H13ClN2O. The molecule has 0 unspecified atom stereocenters. The molecule has 0 bridgehead atoms. The van der Waals surface area contributed by atoms with Gasteiger partial charge in [0.1, 0.15) is 5.02 Å². The maximum absolute atomic E-state index is 6.05. The van der Waals surface area contributed by atoms with Gasteiger partial charge in [-0.3, -0.25) is 0 Å². The number of anilines is 1. The van der Waals surface area contributed by atoms with Crippen molar-refractivity contribution in [3.63, 3.8) is 0 Å². The Bertz CT molecular complexity index is 523. The molecule has 1 heterocycles. The second kappa shape index (κ2) is 3.83. The number of halogens is 1. The van der Waals surface area contributed by atoms with Crippen molar-refractivity contribution in [2.75, 3.05) is 5.73 Å². The van der Waals surface area contributed by atoms with E-state index in [1.807, 2.05) is 13.8 Å². The lowest BCUT2D eigenvalue weighted by Gasteiger charge is -2.08. The molecular weight excluding hydrogens is 224 g/mol. The molecule has 3 nitrogen and oxygen atoms in total. The zero-order chi connectivity index (χ0) is 11.9. The molecule has 2 N–H and O–H groups in total. The molecule has 0 radical (unpaired) electrons. The molecule has 2 aromatic rings. The molecule has 84 valence electrons. The molecule has 0 aliphatic rings. The predicted molar refractivity (Wildman–Crippen MR) is 65.6 cm³/mol. The van der Waals surface area contributed by atoms with Crippen LogP contribution >= 0.6 is 11.6 Å². The van der Waals surface area contributed by atoms with Crippen molar-refractivity contribution in [2.24, 2.45) is 0 Å². The van der Waals surface area contributed by atoms with Crippen LogP contribution in [0.4, 0.5) is 5.82 Å². The summed E-state index contributed by atoms with van der Waals surface area (Å²) in [6, 6.07) is 4.16. The van der Waals surface area contributed by atoms with Gasteiger partial charge in [0.2, 0.25) is 0 Å². The van der Waals surface area contributed by atoms with E-state index in [0.29, 0.717) is 10.8 Å². The molecule has 0 spiro atoms. The molecule has 0 aliphatic carbocycles. The summed E-state index contributed by atoms with van der Waals surface area (Å²) in [7, 11) is 0. The summed E-state index contributed by atoms with van der Waals surface area (Å²) in [5.74, 6) is 0.783. The molecule has 0 saturated carbocycles. The van der Waals surface area contributed by atoms with Crippen molar-refractivity contribution in [1.29, 1.82) is 0 Å². The number of nitrogen functional groups attached to an aromatic ring is 1. The third-order valence-corrected chi connectivity index (χ3v) is 2.93. The highest BCUT2D eigenvalue weighted by Gasteiger charge is 2.17. The van der Waals surface area contributed by atoms with Gasteiger partial charge in [0, 0.05) is 5.56 Å². The van der Waals surface area contributed by atoms with Crippen LogP contribution in [0, 0.1) is 20.8 Å². The maximum Gasteiger partial charge on any atom is 0.188 e. The Morgan fingerprint density at radius 3 is 2.19 bits per heavy atom. The van der Waals surface area contributed by atoms with Crippen LogP contribution in [0.25, 0.3) is 11.3 Å². The second-order valence-corrected chi connectivity index (χ2v) is 4.36. The number of nitrogens with two attached hydrogens (primary N) is 1. The van der Waals surface area contributed by atoms with Crippen LogP contribution < -0.4 is 5.73 Å². The number of hydrogen-bond acceptors (Lipinski definition) is 3. The average Bonchev–Trinajstić information content (AvgIpc) is 2.48. The van der Waals surface area contributed by atoms with Crippen LogP contribution in [0.1, 0.15) is 16.7 Å². The first kappa shape index (κ1) is 11.0. The topological polar surface area (TPSA) is 52.0 Å². The van der Waals surface area contributed by atoms with Gasteiger partial charge in [0.25, 0.3) is 0 Å². The Balaban J connectivity index is 2.69. The molecule has 0 amide bonds. The van der Waals surface area contributed by atoms with E-state index in [9.17, 15) is 0 Å². The number of nitrogens with zero attached hydrogens (tertiary/aromatic N) is 1. The standard InChI is InChI=1S/C12H13ClN2O/c1-6-4-7(2)9(8(3)5-6)11-10(13)12(14)15-16-11/h4-5H,1-3H3,(H2,14,15). The Labute approximate surface area is 99.2 Å². The van der Waals surface area contributed by atoms with E-state index in [4.69, 9.17) is 21.9 Å². The van der Waals surface area contributed by atoms with E-state index in [1.54, 1.807) is 0 Å². The summed E-state index contributed by atoms with van der Waals surface area (Å²) in [5, 5.41) is 4.05. The zero-order valence-electron chi connectivity index (χ0n) is 9.47. The van der Waals surface area contributed by atoms with Gasteiger partial charge in [-0.25, -0.2) is 0 Å². The summed E-state index contributed by atoms with van der Waals surface area (Å²) in [4.78, 5) is 0. The molecule has 1 aromatic carbocycles. The van der Waals surface area contributed by atoms with Gasteiger partial charge in [-0.2, -0.15) is 0 Å². The maximum atomic E-state index is 6.05. The Morgan fingerprint density at radius 1 is 1.19 bits per heavy atom. The predicted octanol–water partition coefficient (Wildman–Crippen LogP) is 3.50. The molecule has 16 heavy (non-hydrogen) atoms. The largest absolute Gasteiger partial charge is 0.380 e. The van der Waals surface area contributed by atoms with Crippen LogP contribution in [-0.2, 0) is 0 Å². The van der Waals surface area contributed by atoms with E-state index in [0.717, 1.165) is 16.7 Å². The molecule has 4 heteroatoms. The van der Waals surface area contributed by atoms with Crippen LogP contribution in [0.3, 0.4) is 0 Å². The number of rotatable bonds is 1. The summed E-state index contributed by atoms with van der Waals surface area (Å²) >= 11 is 6.05. The minimum Gasteiger partial charge on any atom is -0.380 e. The van der Waals surface area contributed by atoms with Crippen LogP contribution in [-0.4, -0.2) is 5.16 Å². The highest BCUT2D eigenvalue weighted by molar-refractivity contribution is 6.35. The second-order valence-electron chi connectivity index (χ2n) is 3.98. The van der Waals surface area contributed by atoms with Crippen molar-refractivity contribution >= 4 is 17.4 Å². The van der Waals surface area contributed by atoms with Gasteiger partial charge in [-0.05, 0) is 31.9 Å². The minimum atomic E-state index is 0.232. The molecule has 0 aliphatic heterocycles. The van der Waals surface area contributed by atoms with Gasteiger partial charge < -0.3 is 10.3 Å². The Morgan fingerprint density at radius 2 is 1.75 bits per heavy atom. The fourth-order valence-electron chi connectivity index (χ4n) is 1.98. The lowest BCUT2D eigenvalue weighted by Crippen LogP contribution is -1.89. The number of aryl methyl sites for hydroxylation is 3. The summed E-state index contributed by atoms with van der Waals surface area (Å²) in [5.41, 5.74) is 9.97. The molecule has 0 saturated heterocycles. The molecule has 0 atom stereocenters. The lowest BCUT2D eigenvalue weighted by atomic mass is 9.98. The first-order chi connectivity index (χ1) is 7.50. The first-order valence-corrected chi connectivity index (χ1v) is 5.37. The molecule has 0 fully saturated rings. The van der Waals surface area contributed by atoms with Crippen molar-refractivity contribution in [3.8, 4) is 11.3 Å². The zero-order valence-corrected chi connectivity index (χ0v) is 10.2. The average molecular weight is 237 g/mol. The number of benzene rings is 1. The smallest absolute Gasteiger partial charge is 0.188 e. The number of aromatic nitrogens is 1. The van der Waals surface area contributed by atoms with Gasteiger partial charge in [-0.15, -0.1) is 0 Å². The first-order valence-electron chi connectivity index (χ1n) is 4.99. The van der Waals surface area contributed by atoms with Crippen LogP contribution in [0.2, 0.25) is 5.02 Å². The lowest BCUT2D eigenvalue weighted by molar-refractivity contribution is 0.435. The van der Waals surface area contributed by atoms with Crippen LogP contribution in [0.15, 0.2) is 16.7 Å². The Kier molecular flexibility index (Phi) is 2.64. The van der Waals surface area contributed by atoms with E-state index < -0.39 is 0 Å². The van der Waals surface area contributed by atoms with Crippen molar-refractivity contribution in [2.45, 2.75) is 20.8 Å².